The molecule has 0 aromatic heterocycles. The normalized spacial score (nSPS) is 25.2. The lowest BCUT2D eigenvalue weighted by atomic mass is 9.96. The van der Waals surface area contributed by atoms with Crippen LogP contribution < -0.4 is 5.32 Å². The largest absolute Gasteiger partial charge is 0.351 e. The Balaban J connectivity index is 1.77. The lowest BCUT2D eigenvalue weighted by Gasteiger charge is -2.29. The Morgan fingerprint density at radius 2 is 1.75 bits per heavy atom. The van der Waals surface area contributed by atoms with Crippen molar-refractivity contribution < 1.29 is 9.59 Å². The van der Waals surface area contributed by atoms with Crippen LogP contribution in [0.4, 0.5) is 0 Å². The van der Waals surface area contributed by atoms with Gasteiger partial charge in [-0.3, -0.25) is 9.59 Å². The van der Waals surface area contributed by atoms with E-state index in [1.807, 2.05) is 18.7 Å². The minimum atomic E-state index is 0.0401. The van der Waals surface area contributed by atoms with Gasteiger partial charge in [0.2, 0.25) is 11.8 Å². The van der Waals surface area contributed by atoms with Gasteiger partial charge in [-0.1, -0.05) is 13.8 Å². The Bertz CT molecular complexity index is 362. The summed E-state index contributed by atoms with van der Waals surface area (Å²) in [6.45, 7) is 7.30. The third kappa shape index (κ3) is 3.72. The van der Waals surface area contributed by atoms with E-state index in [1.54, 1.807) is 0 Å². The highest BCUT2D eigenvalue weighted by Gasteiger charge is 2.30. The molecule has 1 N–H and O–H groups in total. The molecule has 0 aromatic rings. The lowest BCUT2D eigenvalue weighted by Crippen LogP contribution is -2.44. The average molecular weight is 281 g/mol. The fourth-order valence-corrected chi connectivity index (χ4v) is 3.03. The Morgan fingerprint density at radius 1 is 1.10 bits per heavy atom. The maximum atomic E-state index is 12.2. The second-order valence-corrected chi connectivity index (χ2v) is 6.51. The molecule has 0 radical (unpaired) electrons. The van der Waals surface area contributed by atoms with Crippen LogP contribution in [0, 0.1) is 11.8 Å². The predicted octanol–water partition coefficient (Wildman–Crippen LogP) is 0.701. The molecule has 2 heterocycles. The molecule has 2 saturated heterocycles. The molecular formula is C15H27N3O2. The number of carbonyl (C=O) groups excluding carboxylic acids is 2. The third-order valence-electron chi connectivity index (χ3n) is 4.43. The molecule has 0 aromatic carbocycles. The van der Waals surface area contributed by atoms with E-state index in [9.17, 15) is 9.59 Å². The van der Waals surface area contributed by atoms with E-state index < -0.39 is 0 Å². The summed E-state index contributed by atoms with van der Waals surface area (Å²) in [5, 5.41) is 3.14. The molecule has 2 rings (SSSR count). The van der Waals surface area contributed by atoms with Gasteiger partial charge >= 0.3 is 0 Å². The van der Waals surface area contributed by atoms with Gasteiger partial charge < -0.3 is 15.1 Å². The molecule has 2 aliphatic heterocycles. The summed E-state index contributed by atoms with van der Waals surface area (Å²) in [5.41, 5.74) is 0. The van der Waals surface area contributed by atoms with E-state index in [0.717, 1.165) is 38.9 Å². The van der Waals surface area contributed by atoms with E-state index >= 15 is 0 Å². The number of amides is 2. The second-order valence-electron chi connectivity index (χ2n) is 6.51. The highest BCUT2D eigenvalue weighted by molar-refractivity contribution is 5.80. The van der Waals surface area contributed by atoms with Gasteiger partial charge in [0.05, 0.1) is 0 Å². The fourth-order valence-electron chi connectivity index (χ4n) is 3.03. The Labute approximate surface area is 121 Å². The second kappa shape index (κ2) is 6.57. The number of likely N-dealkylation sites (tertiary alicyclic amines) is 2. The molecule has 20 heavy (non-hydrogen) atoms. The first-order valence-corrected chi connectivity index (χ1v) is 7.75. The van der Waals surface area contributed by atoms with Crippen molar-refractivity contribution in [2.24, 2.45) is 11.8 Å². The number of nitrogens with one attached hydrogen (secondary N) is 1. The van der Waals surface area contributed by atoms with Gasteiger partial charge in [0.1, 0.15) is 0 Å². The minimum Gasteiger partial charge on any atom is -0.351 e. The summed E-state index contributed by atoms with van der Waals surface area (Å²) in [7, 11) is 2.10. The average Bonchev–Trinajstić information content (AvgIpc) is 2.86. The molecule has 2 aliphatic rings. The van der Waals surface area contributed by atoms with Gasteiger partial charge in [-0.25, -0.2) is 0 Å². The molecule has 2 fully saturated rings. The highest BCUT2D eigenvalue weighted by atomic mass is 16.2. The van der Waals surface area contributed by atoms with Gasteiger partial charge in [-0.15, -0.1) is 0 Å². The lowest BCUT2D eigenvalue weighted by molar-refractivity contribution is -0.134. The van der Waals surface area contributed by atoms with Crippen LogP contribution in [0.25, 0.3) is 0 Å². The van der Waals surface area contributed by atoms with Crippen LogP contribution in [0.3, 0.4) is 0 Å². The molecule has 0 bridgehead atoms. The molecule has 114 valence electrons. The van der Waals surface area contributed by atoms with Crippen LogP contribution in [-0.4, -0.2) is 60.9 Å². The van der Waals surface area contributed by atoms with Crippen molar-refractivity contribution >= 4 is 11.8 Å². The van der Waals surface area contributed by atoms with Gasteiger partial charge in [-0.2, -0.15) is 0 Å². The van der Waals surface area contributed by atoms with Gasteiger partial charge in [-0.05, 0) is 39.4 Å². The van der Waals surface area contributed by atoms with E-state index in [2.05, 4.69) is 17.3 Å². The third-order valence-corrected chi connectivity index (χ3v) is 4.43. The summed E-state index contributed by atoms with van der Waals surface area (Å²) in [6.07, 6.45) is 2.78. The van der Waals surface area contributed by atoms with Crippen molar-refractivity contribution in [3.8, 4) is 0 Å². The van der Waals surface area contributed by atoms with Crippen molar-refractivity contribution in [3.63, 3.8) is 0 Å². The number of carbonyl (C=O) groups is 2. The summed E-state index contributed by atoms with van der Waals surface area (Å²) in [4.78, 5) is 28.3. The zero-order chi connectivity index (χ0) is 14.7. The van der Waals surface area contributed by atoms with Crippen molar-refractivity contribution in [1.82, 2.24) is 15.1 Å². The molecule has 2 amide bonds. The zero-order valence-electron chi connectivity index (χ0n) is 12.9. The van der Waals surface area contributed by atoms with Crippen molar-refractivity contribution in [3.05, 3.63) is 0 Å². The van der Waals surface area contributed by atoms with Gasteiger partial charge in [0, 0.05) is 31.0 Å². The van der Waals surface area contributed by atoms with E-state index in [4.69, 9.17) is 0 Å². The molecule has 0 spiro atoms. The Hall–Kier alpha value is -1.10. The summed E-state index contributed by atoms with van der Waals surface area (Å²) >= 11 is 0. The fraction of sp³-hybridized carbons (Fsp3) is 0.867. The number of piperidine rings is 1. The highest BCUT2D eigenvalue weighted by Crippen LogP contribution is 2.18. The Kier molecular flexibility index (Phi) is 5.02. The molecule has 0 saturated carbocycles. The molecule has 1 atom stereocenters. The molecule has 0 aliphatic carbocycles. The van der Waals surface area contributed by atoms with Crippen LogP contribution in [-0.2, 0) is 9.59 Å². The molecule has 5 heteroatoms. The number of hydrogen-bond acceptors (Lipinski definition) is 3. The summed E-state index contributed by atoms with van der Waals surface area (Å²) in [6, 6.07) is 0.143. The van der Waals surface area contributed by atoms with Gasteiger partial charge in [0.25, 0.3) is 0 Å². The van der Waals surface area contributed by atoms with Crippen molar-refractivity contribution in [2.75, 3.05) is 33.2 Å². The van der Waals surface area contributed by atoms with Crippen LogP contribution in [0.5, 0.6) is 0 Å². The Morgan fingerprint density at radius 3 is 2.35 bits per heavy atom. The first-order chi connectivity index (χ1) is 9.47. The maximum absolute atomic E-state index is 12.2. The van der Waals surface area contributed by atoms with Crippen LogP contribution >= 0.6 is 0 Å². The molecule has 5 nitrogen and oxygen atoms in total. The summed E-state index contributed by atoms with van der Waals surface area (Å²) < 4.78 is 0. The van der Waals surface area contributed by atoms with Crippen LogP contribution in [0.15, 0.2) is 0 Å². The maximum Gasteiger partial charge on any atom is 0.225 e. The standard InChI is InChI=1S/C15H27N3O2/c1-11(2)15(20)18-9-6-13(10-18)16-14(19)12-4-7-17(3)8-5-12/h11-13H,4-10H2,1-3H3,(H,16,19). The number of hydrogen-bond donors (Lipinski definition) is 1. The van der Waals surface area contributed by atoms with Crippen molar-refractivity contribution in [2.45, 2.75) is 39.2 Å². The SMILES string of the molecule is CC(C)C(=O)N1CCC(NC(=O)C2CCN(C)CC2)C1. The van der Waals surface area contributed by atoms with Gasteiger partial charge in [0.15, 0.2) is 0 Å². The van der Waals surface area contributed by atoms with Crippen LogP contribution in [0.2, 0.25) is 0 Å². The quantitative estimate of drug-likeness (QED) is 0.828. The first kappa shape index (κ1) is 15.3. The predicted molar refractivity (Wildman–Crippen MR) is 78.2 cm³/mol. The van der Waals surface area contributed by atoms with E-state index in [1.165, 1.54) is 0 Å². The monoisotopic (exact) mass is 281 g/mol. The van der Waals surface area contributed by atoms with E-state index in [0.29, 0.717) is 6.54 Å². The van der Waals surface area contributed by atoms with Crippen LogP contribution in [0.1, 0.15) is 33.1 Å². The molecular weight excluding hydrogens is 254 g/mol. The summed E-state index contributed by atoms with van der Waals surface area (Å²) in [5.74, 6) is 0.572. The number of rotatable bonds is 3. The zero-order valence-corrected chi connectivity index (χ0v) is 12.9. The minimum absolute atomic E-state index is 0.0401. The smallest absolute Gasteiger partial charge is 0.225 e. The van der Waals surface area contributed by atoms with E-state index in [-0.39, 0.29) is 29.7 Å². The topological polar surface area (TPSA) is 52.7 Å². The molecule has 1 unspecified atom stereocenters. The van der Waals surface area contributed by atoms with Crippen molar-refractivity contribution in [1.29, 1.82) is 0 Å². The first-order valence-electron chi connectivity index (χ1n) is 7.75. The number of nitrogens with zero attached hydrogens (tertiary/aromatic N) is 2.